The fraction of sp³-hybridized carbons (Fsp3) is 0.438. The van der Waals surface area contributed by atoms with Crippen molar-refractivity contribution in [1.29, 1.82) is 0 Å². The Kier molecular flexibility index (Phi) is 3.61. The fourth-order valence-electron chi connectivity index (χ4n) is 2.74. The molecule has 1 aromatic carbocycles. The predicted octanol–water partition coefficient (Wildman–Crippen LogP) is 3.06. The van der Waals surface area contributed by atoms with Gasteiger partial charge in [-0.15, -0.1) is 0 Å². The second-order valence-corrected chi connectivity index (χ2v) is 7.65. The van der Waals surface area contributed by atoms with Gasteiger partial charge in [-0.2, -0.15) is 11.8 Å². The quantitative estimate of drug-likeness (QED) is 0.921. The van der Waals surface area contributed by atoms with Crippen LogP contribution in [0.25, 0.3) is 10.9 Å². The molecule has 106 valence electrons. The van der Waals surface area contributed by atoms with Crippen molar-refractivity contribution in [3.8, 4) is 0 Å². The minimum Gasteiger partial charge on any atom is -0.392 e. The van der Waals surface area contributed by atoms with Crippen LogP contribution in [0, 0.1) is 0 Å². The number of aliphatic hydroxyl groups excluding tert-OH is 1. The minimum atomic E-state index is 0.0389. The topological polar surface area (TPSA) is 36.4 Å². The van der Waals surface area contributed by atoms with Gasteiger partial charge in [-0.1, -0.05) is 18.2 Å². The summed E-state index contributed by atoms with van der Waals surface area (Å²) >= 11 is 2.00. The first-order chi connectivity index (χ1) is 9.59. The molecule has 1 aliphatic rings. The second kappa shape index (κ2) is 5.26. The van der Waals surface area contributed by atoms with Crippen molar-refractivity contribution in [1.82, 2.24) is 4.98 Å². The lowest BCUT2D eigenvalue weighted by Crippen LogP contribution is -2.44. The SMILES string of the molecule is CC1(C)CN(c2nc3ccccc3cc2CO)CCS1. The highest BCUT2D eigenvalue weighted by Crippen LogP contribution is 2.33. The van der Waals surface area contributed by atoms with Crippen molar-refractivity contribution in [2.75, 3.05) is 23.7 Å². The van der Waals surface area contributed by atoms with Crippen molar-refractivity contribution in [2.45, 2.75) is 25.2 Å². The molecule has 0 bridgehead atoms. The number of thioether (sulfide) groups is 1. The van der Waals surface area contributed by atoms with Crippen molar-refractivity contribution in [2.24, 2.45) is 0 Å². The summed E-state index contributed by atoms with van der Waals surface area (Å²) in [5.74, 6) is 2.05. The Morgan fingerprint density at radius 1 is 1.35 bits per heavy atom. The average Bonchev–Trinajstić information content (AvgIpc) is 2.44. The Morgan fingerprint density at radius 3 is 2.90 bits per heavy atom. The van der Waals surface area contributed by atoms with Crippen LogP contribution in [0.2, 0.25) is 0 Å². The molecule has 2 aromatic rings. The van der Waals surface area contributed by atoms with Gasteiger partial charge in [0.05, 0.1) is 12.1 Å². The van der Waals surface area contributed by atoms with Gasteiger partial charge in [0.2, 0.25) is 0 Å². The summed E-state index contributed by atoms with van der Waals surface area (Å²) in [4.78, 5) is 7.11. The molecule has 0 aliphatic carbocycles. The van der Waals surface area contributed by atoms with Crippen LogP contribution in [0.1, 0.15) is 19.4 Å². The summed E-state index contributed by atoms with van der Waals surface area (Å²) in [6, 6.07) is 10.1. The van der Waals surface area contributed by atoms with Gasteiger partial charge in [-0.25, -0.2) is 4.98 Å². The Balaban J connectivity index is 2.05. The molecular weight excluding hydrogens is 268 g/mol. The molecule has 1 saturated heterocycles. The number of aliphatic hydroxyl groups is 1. The highest BCUT2D eigenvalue weighted by molar-refractivity contribution is 8.00. The van der Waals surface area contributed by atoms with Crippen LogP contribution in [0.4, 0.5) is 5.82 Å². The lowest BCUT2D eigenvalue weighted by atomic mass is 10.1. The number of nitrogens with zero attached hydrogens (tertiary/aromatic N) is 2. The van der Waals surface area contributed by atoms with E-state index in [9.17, 15) is 5.11 Å². The first-order valence-electron chi connectivity index (χ1n) is 6.97. The monoisotopic (exact) mass is 288 g/mol. The molecule has 20 heavy (non-hydrogen) atoms. The Labute approximate surface area is 124 Å². The van der Waals surface area contributed by atoms with Crippen LogP contribution >= 0.6 is 11.8 Å². The van der Waals surface area contributed by atoms with Crippen LogP contribution in [0.3, 0.4) is 0 Å². The Hall–Kier alpha value is -1.26. The molecule has 1 aromatic heterocycles. The molecule has 1 aliphatic heterocycles. The van der Waals surface area contributed by atoms with Gasteiger partial charge in [0.1, 0.15) is 5.82 Å². The number of benzene rings is 1. The highest BCUT2D eigenvalue weighted by Gasteiger charge is 2.28. The average molecular weight is 288 g/mol. The minimum absolute atomic E-state index is 0.0389. The van der Waals surface area contributed by atoms with E-state index in [1.165, 1.54) is 0 Å². The lowest BCUT2D eigenvalue weighted by molar-refractivity contribution is 0.281. The van der Waals surface area contributed by atoms with E-state index in [0.29, 0.717) is 0 Å². The molecule has 0 radical (unpaired) electrons. The number of hydrogen-bond donors (Lipinski definition) is 1. The maximum atomic E-state index is 9.67. The van der Waals surface area contributed by atoms with Gasteiger partial charge < -0.3 is 10.0 Å². The van der Waals surface area contributed by atoms with E-state index in [-0.39, 0.29) is 11.4 Å². The van der Waals surface area contributed by atoms with Crippen LogP contribution in [-0.4, -0.2) is 33.7 Å². The lowest BCUT2D eigenvalue weighted by Gasteiger charge is -2.39. The zero-order chi connectivity index (χ0) is 14.2. The largest absolute Gasteiger partial charge is 0.392 e. The van der Waals surface area contributed by atoms with Gasteiger partial charge in [-0.05, 0) is 26.0 Å². The molecule has 3 nitrogen and oxygen atoms in total. The third-order valence-corrected chi connectivity index (χ3v) is 4.97. The first-order valence-corrected chi connectivity index (χ1v) is 7.96. The molecule has 2 heterocycles. The zero-order valence-electron chi connectivity index (χ0n) is 12.0. The van der Waals surface area contributed by atoms with E-state index < -0.39 is 0 Å². The van der Waals surface area contributed by atoms with E-state index in [2.05, 4.69) is 24.8 Å². The summed E-state index contributed by atoms with van der Waals surface area (Å²) in [6.07, 6.45) is 0. The molecule has 0 unspecified atom stereocenters. The number of pyridine rings is 1. The Bertz CT molecular complexity index is 627. The molecule has 1 fully saturated rings. The smallest absolute Gasteiger partial charge is 0.134 e. The van der Waals surface area contributed by atoms with E-state index in [0.717, 1.165) is 41.1 Å². The standard InChI is InChI=1S/C16H20N2OS/c1-16(2)11-18(7-8-20-16)15-13(10-19)9-12-5-3-4-6-14(12)17-15/h3-6,9,19H,7-8,10-11H2,1-2H3. The first kappa shape index (κ1) is 13.7. The van der Waals surface area contributed by atoms with Gasteiger partial charge in [0.25, 0.3) is 0 Å². The van der Waals surface area contributed by atoms with E-state index in [1.807, 2.05) is 36.0 Å². The second-order valence-electron chi connectivity index (χ2n) is 5.85. The maximum absolute atomic E-state index is 9.67. The van der Waals surface area contributed by atoms with Crippen LogP contribution in [0.5, 0.6) is 0 Å². The van der Waals surface area contributed by atoms with Gasteiger partial charge in [0.15, 0.2) is 0 Å². The molecule has 0 spiro atoms. The normalized spacial score (nSPS) is 18.4. The van der Waals surface area contributed by atoms with E-state index in [1.54, 1.807) is 0 Å². The van der Waals surface area contributed by atoms with Crippen LogP contribution in [0.15, 0.2) is 30.3 Å². The third kappa shape index (κ3) is 2.63. The molecule has 0 atom stereocenters. The van der Waals surface area contributed by atoms with Crippen molar-refractivity contribution < 1.29 is 5.11 Å². The van der Waals surface area contributed by atoms with Gasteiger partial charge in [-0.3, -0.25) is 0 Å². The number of para-hydroxylation sites is 1. The molecule has 1 N–H and O–H groups in total. The molecule has 0 saturated carbocycles. The molecule has 4 heteroatoms. The summed E-state index contributed by atoms with van der Waals surface area (Å²) < 4.78 is 0.234. The van der Waals surface area contributed by atoms with Crippen LogP contribution in [-0.2, 0) is 6.61 Å². The zero-order valence-corrected chi connectivity index (χ0v) is 12.8. The highest BCUT2D eigenvalue weighted by atomic mass is 32.2. The van der Waals surface area contributed by atoms with Crippen molar-refractivity contribution >= 4 is 28.5 Å². The van der Waals surface area contributed by atoms with Gasteiger partial charge >= 0.3 is 0 Å². The molecule has 3 rings (SSSR count). The Morgan fingerprint density at radius 2 is 2.15 bits per heavy atom. The molecule has 0 amide bonds. The number of hydrogen-bond acceptors (Lipinski definition) is 4. The number of rotatable bonds is 2. The van der Waals surface area contributed by atoms with Crippen molar-refractivity contribution in [3.05, 3.63) is 35.9 Å². The summed E-state index contributed by atoms with van der Waals surface area (Å²) in [5.41, 5.74) is 1.92. The van der Waals surface area contributed by atoms with Gasteiger partial charge in [0, 0.05) is 34.5 Å². The number of anilines is 1. The number of fused-ring (bicyclic) bond motifs is 1. The number of aromatic nitrogens is 1. The maximum Gasteiger partial charge on any atom is 0.134 e. The van der Waals surface area contributed by atoms with E-state index in [4.69, 9.17) is 4.98 Å². The summed E-state index contributed by atoms with van der Waals surface area (Å²) in [7, 11) is 0. The summed E-state index contributed by atoms with van der Waals surface area (Å²) in [5, 5.41) is 10.8. The third-order valence-electron chi connectivity index (χ3n) is 3.68. The predicted molar refractivity (Wildman–Crippen MR) is 86.4 cm³/mol. The fourth-order valence-corrected chi connectivity index (χ4v) is 3.85. The van der Waals surface area contributed by atoms with Crippen LogP contribution < -0.4 is 4.90 Å². The van der Waals surface area contributed by atoms with E-state index >= 15 is 0 Å². The summed E-state index contributed by atoms with van der Waals surface area (Å²) in [6.45, 7) is 6.53. The van der Waals surface area contributed by atoms with Crippen molar-refractivity contribution in [3.63, 3.8) is 0 Å². The molecular formula is C16H20N2OS.